The van der Waals surface area contributed by atoms with E-state index in [9.17, 15) is 39.6 Å². The van der Waals surface area contributed by atoms with Crippen molar-refractivity contribution in [3.8, 4) is 0 Å². The summed E-state index contributed by atoms with van der Waals surface area (Å²) in [6.45, 7) is 0. The summed E-state index contributed by atoms with van der Waals surface area (Å²) in [4.78, 5) is 37.9. The van der Waals surface area contributed by atoms with Crippen molar-refractivity contribution >= 4 is 23.9 Å². The summed E-state index contributed by atoms with van der Waals surface area (Å²) in [6.07, 6.45) is 0. The van der Waals surface area contributed by atoms with Crippen molar-refractivity contribution in [1.82, 2.24) is 0 Å². The zero-order valence-corrected chi connectivity index (χ0v) is 10.2. The summed E-state index contributed by atoms with van der Waals surface area (Å²) in [7, 11) is 0. The first-order valence-electron chi connectivity index (χ1n) is 3.45. The molecule has 11 heteroatoms. The Labute approximate surface area is 108 Å². The predicted octanol–water partition coefficient (Wildman–Crippen LogP) is -8.38. The molecule has 0 bridgehead atoms. The van der Waals surface area contributed by atoms with Crippen LogP contribution >= 0.6 is 0 Å². The summed E-state index contributed by atoms with van der Waals surface area (Å²) in [5.74, 6) is -7.37. The van der Waals surface area contributed by atoms with E-state index in [2.05, 4.69) is 11.5 Å². The van der Waals surface area contributed by atoms with E-state index in [0.29, 0.717) is 0 Å². The number of rotatable bonds is 4. The first kappa shape index (κ1) is 20.8. The van der Waals surface area contributed by atoms with Gasteiger partial charge in [-0.2, -0.15) is 0 Å². The van der Waals surface area contributed by atoms with Gasteiger partial charge in [0.15, 0.2) is 0 Å². The summed E-state index contributed by atoms with van der Waals surface area (Å²) in [5.41, 5.74) is 8.87. The fourth-order valence-electron chi connectivity index (χ4n) is 0.192. The number of carbonyl (C=O) groups excluding carboxylic acids is 4. The number of hydrogen-bond acceptors (Lipinski definition) is 10. The molecule has 4 N–H and O–H groups in total. The molecule has 0 unspecified atom stereocenters. The van der Waals surface area contributed by atoms with Crippen LogP contribution in [0, 0.1) is 0 Å². The van der Waals surface area contributed by atoms with Crippen molar-refractivity contribution in [2.24, 2.45) is 11.5 Å². The summed E-state index contributed by atoms with van der Waals surface area (Å²) in [6, 6.07) is -4.04. The number of nitrogens with two attached hydrogens (primary N) is 2. The molecule has 0 saturated carbocycles. The monoisotopic (exact) mass is 429 g/mol. The van der Waals surface area contributed by atoms with Gasteiger partial charge in [0.2, 0.25) is 0 Å². The van der Waals surface area contributed by atoms with Crippen LogP contribution in [-0.4, -0.2) is 36.0 Å². The van der Waals surface area contributed by atoms with Gasteiger partial charge in [0, 0.05) is 0 Å². The van der Waals surface area contributed by atoms with Crippen molar-refractivity contribution in [3.05, 3.63) is 0 Å². The van der Waals surface area contributed by atoms with E-state index in [1.807, 2.05) is 0 Å². The minimum absolute atomic E-state index is 0. The maximum Gasteiger partial charge on any atom is 4.00 e. The van der Waals surface area contributed by atoms with Crippen LogP contribution in [0.3, 0.4) is 0 Å². The average molecular weight is 429 g/mol. The molecule has 0 aromatic rings. The molecule has 0 rings (SSSR count). The second kappa shape index (κ2) is 9.70. The second-order valence-electron chi connectivity index (χ2n) is 2.23. The third kappa shape index (κ3) is 10.8. The standard InChI is InChI=1S/2C3H5NO4.Pt/c2*4-1(2(5)6)3(7)8;/h2*1H,4H2,(H,5,6)(H,7,8);/q;;+4/p-4. The molecule has 0 aromatic heterocycles. The SMILES string of the molecule is NC(C(=O)[O-])C(=O)[O-].NC(C(=O)[O-])C(=O)[O-].[Pt+4]. The van der Waals surface area contributed by atoms with E-state index in [1.54, 1.807) is 0 Å². The van der Waals surface area contributed by atoms with E-state index in [0.717, 1.165) is 0 Å². The Bertz CT molecular complexity index is 248. The van der Waals surface area contributed by atoms with Gasteiger partial charge in [0.05, 0.1) is 36.0 Å². The van der Waals surface area contributed by atoms with E-state index in [1.165, 1.54) is 0 Å². The third-order valence-electron chi connectivity index (χ3n) is 1.02. The van der Waals surface area contributed by atoms with Gasteiger partial charge in [-0.1, -0.05) is 0 Å². The number of carboxylic acids is 4. The molecule has 0 aliphatic heterocycles. The fraction of sp³-hybridized carbons (Fsp3) is 0.333. The maximum atomic E-state index is 9.48. The number of carboxylic acid groups (broad SMARTS) is 4. The Balaban J connectivity index is -0.000000218. The van der Waals surface area contributed by atoms with Crippen LogP contribution < -0.4 is 31.9 Å². The Morgan fingerprint density at radius 3 is 0.765 bits per heavy atom. The van der Waals surface area contributed by atoms with Crippen molar-refractivity contribution in [2.75, 3.05) is 0 Å². The molecule has 17 heavy (non-hydrogen) atoms. The fourth-order valence-corrected chi connectivity index (χ4v) is 0.192. The molecule has 98 valence electrons. The Kier molecular flexibility index (Phi) is 11.9. The molecular weight excluding hydrogens is 423 g/mol. The van der Waals surface area contributed by atoms with E-state index in [4.69, 9.17) is 0 Å². The van der Waals surface area contributed by atoms with Crippen LogP contribution in [0.4, 0.5) is 0 Å². The number of carbonyl (C=O) groups is 4. The average Bonchev–Trinajstić information content (AvgIpc) is 2.15. The largest absolute Gasteiger partial charge is 4.00 e. The van der Waals surface area contributed by atoms with Gasteiger partial charge in [-0.05, 0) is 0 Å². The normalized spacial score (nSPS) is 8.71. The van der Waals surface area contributed by atoms with Gasteiger partial charge in [0.25, 0.3) is 0 Å². The summed E-state index contributed by atoms with van der Waals surface area (Å²) in [5, 5.41) is 37.9. The number of aliphatic carboxylic acids is 4. The maximum absolute atomic E-state index is 9.48. The second-order valence-corrected chi connectivity index (χ2v) is 2.23. The van der Waals surface area contributed by atoms with Gasteiger partial charge in [-0.3, -0.25) is 0 Å². The van der Waals surface area contributed by atoms with Gasteiger partial charge >= 0.3 is 21.1 Å². The van der Waals surface area contributed by atoms with E-state index >= 15 is 0 Å². The smallest absolute Gasteiger partial charge is 0.548 e. The van der Waals surface area contributed by atoms with Crippen LogP contribution in [0.1, 0.15) is 0 Å². The van der Waals surface area contributed by atoms with Crippen LogP contribution in [-0.2, 0) is 40.2 Å². The molecule has 0 atom stereocenters. The van der Waals surface area contributed by atoms with Gasteiger partial charge in [0.1, 0.15) is 0 Å². The molecule has 0 radical (unpaired) electrons. The zero-order valence-electron chi connectivity index (χ0n) is 7.89. The van der Waals surface area contributed by atoms with E-state index < -0.39 is 36.0 Å². The van der Waals surface area contributed by atoms with Crippen LogP contribution in [0.2, 0.25) is 0 Å². The Morgan fingerprint density at radius 2 is 0.765 bits per heavy atom. The quantitative estimate of drug-likeness (QED) is 0.403. The molecule has 0 aromatic carbocycles. The molecule has 0 saturated heterocycles. The van der Waals surface area contributed by atoms with Crippen LogP contribution in [0.25, 0.3) is 0 Å². The topological polar surface area (TPSA) is 213 Å². The molecular formula is C6H6N2O8Pt. The molecule has 0 heterocycles. The van der Waals surface area contributed by atoms with Gasteiger partial charge in [-0.15, -0.1) is 0 Å². The number of hydrogen-bond donors (Lipinski definition) is 2. The summed E-state index contributed by atoms with van der Waals surface area (Å²) < 4.78 is 0. The first-order chi connectivity index (χ1) is 7.11. The van der Waals surface area contributed by atoms with E-state index in [-0.39, 0.29) is 21.1 Å². The molecule has 0 fully saturated rings. The minimum atomic E-state index is -2.02. The van der Waals surface area contributed by atoms with Gasteiger partial charge in [-0.25, -0.2) is 0 Å². The zero-order chi connectivity index (χ0) is 13.5. The first-order valence-corrected chi connectivity index (χ1v) is 3.45. The van der Waals surface area contributed by atoms with Crippen LogP contribution in [0.15, 0.2) is 0 Å². The molecule has 0 aliphatic rings. The van der Waals surface area contributed by atoms with Crippen molar-refractivity contribution in [2.45, 2.75) is 12.1 Å². The van der Waals surface area contributed by atoms with Crippen molar-refractivity contribution < 1.29 is 60.7 Å². The molecule has 0 aliphatic carbocycles. The van der Waals surface area contributed by atoms with Gasteiger partial charge < -0.3 is 51.1 Å². The minimum Gasteiger partial charge on any atom is -0.548 e. The van der Waals surface area contributed by atoms with Crippen molar-refractivity contribution in [3.63, 3.8) is 0 Å². The molecule has 0 amide bonds. The molecule has 10 nitrogen and oxygen atoms in total. The molecule has 0 spiro atoms. The third-order valence-corrected chi connectivity index (χ3v) is 1.02. The Hall–Kier alpha value is -1.51. The summed E-state index contributed by atoms with van der Waals surface area (Å²) >= 11 is 0. The predicted molar refractivity (Wildman–Crippen MR) is 36.0 cm³/mol. The van der Waals surface area contributed by atoms with Crippen molar-refractivity contribution in [1.29, 1.82) is 0 Å². The Morgan fingerprint density at radius 1 is 0.647 bits per heavy atom. The van der Waals surface area contributed by atoms with Crippen LogP contribution in [0.5, 0.6) is 0 Å².